The van der Waals surface area contributed by atoms with Gasteiger partial charge < -0.3 is 23.8 Å². The van der Waals surface area contributed by atoms with Crippen molar-refractivity contribution in [2.24, 2.45) is 0 Å². The third-order valence-electron chi connectivity index (χ3n) is 7.58. The lowest BCUT2D eigenvalue weighted by Crippen LogP contribution is -2.40. The monoisotopic (exact) mass is 553 g/mol. The van der Waals surface area contributed by atoms with Gasteiger partial charge in [0.1, 0.15) is 11.5 Å². The van der Waals surface area contributed by atoms with Crippen LogP contribution < -0.4 is 14.2 Å². The Kier molecular flexibility index (Phi) is 6.66. The molecule has 0 radical (unpaired) electrons. The molecule has 3 aromatic carbocycles. The van der Waals surface area contributed by atoms with E-state index < -0.39 is 11.8 Å². The Hall–Kier alpha value is -4.05. The molecule has 6 rings (SSSR count). The lowest BCUT2D eigenvalue weighted by atomic mass is 9.87. The number of amides is 1. The molecule has 3 aromatic rings. The lowest BCUT2D eigenvalue weighted by molar-refractivity contribution is -0.274. The number of halogens is 3. The predicted molar refractivity (Wildman–Crippen MR) is 137 cm³/mol. The second-order valence-corrected chi connectivity index (χ2v) is 10.1. The molecule has 1 saturated heterocycles. The molecule has 0 spiro atoms. The third kappa shape index (κ3) is 5.23. The van der Waals surface area contributed by atoms with E-state index >= 15 is 0 Å². The van der Waals surface area contributed by atoms with E-state index in [1.165, 1.54) is 12.1 Å². The van der Waals surface area contributed by atoms with Gasteiger partial charge in [-0.3, -0.25) is 9.59 Å². The van der Waals surface area contributed by atoms with Crippen LogP contribution in [-0.2, 0) is 21.4 Å². The Labute approximate surface area is 228 Å². The number of hydrogen-bond acceptors (Lipinski definition) is 6. The van der Waals surface area contributed by atoms with Gasteiger partial charge in [-0.15, -0.1) is 13.2 Å². The highest BCUT2D eigenvalue weighted by Crippen LogP contribution is 2.51. The molecule has 0 unspecified atom stereocenters. The second kappa shape index (κ2) is 10.2. The maximum Gasteiger partial charge on any atom is 0.573 e. The summed E-state index contributed by atoms with van der Waals surface area (Å²) in [5.74, 6) is 0.665. The highest BCUT2D eigenvalue weighted by atomic mass is 19.4. The topological polar surface area (TPSA) is 74.3 Å². The smallest absolute Gasteiger partial charge is 0.454 e. The van der Waals surface area contributed by atoms with Crippen LogP contribution in [0.4, 0.5) is 13.2 Å². The van der Waals surface area contributed by atoms with E-state index in [9.17, 15) is 22.8 Å². The molecule has 0 atom stereocenters. The molecular weight excluding hydrogens is 527 g/mol. The Bertz CT molecular complexity index is 1440. The van der Waals surface area contributed by atoms with Crippen molar-refractivity contribution < 1.29 is 41.7 Å². The summed E-state index contributed by atoms with van der Waals surface area (Å²) in [4.78, 5) is 28.0. The molecular formula is C30H26F3NO6. The summed E-state index contributed by atoms with van der Waals surface area (Å²) < 4.78 is 60.1. The van der Waals surface area contributed by atoms with Gasteiger partial charge >= 0.3 is 6.36 Å². The van der Waals surface area contributed by atoms with Crippen LogP contribution in [0, 0.1) is 0 Å². The first kappa shape index (κ1) is 26.2. The first-order valence-electron chi connectivity index (χ1n) is 13.0. The van der Waals surface area contributed by atoms with Gasteiger partial charge in [0.2, 0.25) is 6.79 Å². The number of rotatable bonds is 7. The molecule has 0 N–H and O–H groups in total. The zero-order chi connectivity index (χ0) is 27.9. The van der Waals surface area contributed by atoms with Gasteiger partial charge in [-0.05, 0) is 65.9 Å². The molecule has 208 valence electrons. The normalized spacial score (nSPS) is 17.4. The number of Topliss-reactive ketones (excluding diaryl/α,β-unsaturated/α-hetero) is 1. The van der Waals surface area contributed by atoms with Crippen LogP contribution in [0.15, 0.2) is 60.7 Å². The Morgan fingerprint density at radius 1 is 0.900 bits per heavy atom. The zero-order valence-electron chi connectivity index (χ0n) is 21.5. The summed E-state index contributed by atoms with van der Waals surface area (Å²) in [6.07, 6.45) is -3.48. The fourth-order valence-electron chi connectivity index (χ4n) is 5.27. The summed E-state index contributed by atoms with van der Waals surface area (Å²) >= 11 is 0. The van der Waals surface area contributed by atoms with E-state index in [0.717, 1.165) is 5.56 Å². The Balaban J connectivity index is 1.26. The predicted octanol–water partition coefficient (Wildman–Crippen LogP) is 5.30. The number of benzene rings is 3. The van der Waals surface area contributed by atoms with E-state index in [1.807, 2.05) is 12.1 Å². The van der Waals surface area contributed by atoms with Gasteiger partial charge in [0.05, 0.1) is 18.6 Å². The maximum atomic E-state index is 13.5. The molecule has 7 nitrogen and oxygen atoms in total. The summed E-state index contributed by atoms with van der Waals surface area (Å²) in [6.45, 7) is 2.02. The maximum absolute atomic E-state index is 13.5. The second-order valence-electron chi connectivity index (χ2n) is 10.1. The molecule has 10 heteroatoms. The van der Waals surface area contributed by atoms with Crippen LogP contribution in [0.2, 0.25) is 0 Å². The van der Waals surface area contributed by atoms with E-state index in [-0.39, 0.29) is 36.2 Å². The van der Waals surface area contributed by atoms with Crippen molar-refractivity contribution in [2.75, 3.05) is 33.1 Å². The highest BCUT2D eigenvalue weighted by molar-refractivity contribution is 5.96. The van der Waals surface area contributed by atoms with Crippen LogP contribution >= 0.6 is 0 Å². The Morgan fingerprint density at radius 3 is 2.33 bits per heavy atom. The number of hydrogen-bond donors (Lipinski definition) is 0. The molecule has 2 aliphatic heterocycles. The van der Waals surface area contributed by atoms with E-state index in [1.54, 1.807) is 41.3 Å². The van der Waals surface area contributed by atoms with Gasteiger partial charge in [-0.25, -0.2) is 0 Å². The molecule has 1 saturated carbocycles. The van der Waals surface area contributed by atoms with Crippen molar-refractivity contribution in [3.63, 3.8) is 0 Å². The van der Waals surface area contributed by atoms with E-state index in [0.29, 0.717) is 67.3 Å². The van der Waals surface area contributed by atoms with Crippen molar-refractivity contribution in [1.82, 2.24) is 4.90 Å². The standard InChI is InChI=1S/C30H26F3NO6/c31-30(32,33)40-24-7-1-19(16-27(35)29(9-10-29)22-6-8-25-26(17-22)39-18-38-25)15-23(24)20-2-4-21(5-3-20)28(36)34-11-13-37-14-12-34/h1-8,15,17H,9-14,16,18H2. The minimum atomic E-state index is -4.89. The minimum Gasteiger partial charge on any atom is -0.454 e. The van der Waals surface area contributed by atoms with Crippen molar-refractivity contribution in [1.29, 1.82) is 0 Å². The number of nitrogens with zero attached hydrogens (tertiary/aromatic N) is 1. The lowest BCUT2D eigenvalue weighted by Gasteiger charge is -2.26. The summed E-state index contributed by atoms with van der Waals surface area (Å²) in [5, 5.41) is 0. The van der Waals surface area contributed by atoms with Crippen LogP contribution in [0.5, 0.6) is 17.2 Å². The molecule has 0 aromatic heterocycles. The van der Waals surface area contributed by atoms with Gasteiger partial charge in [0.25, 0.3) is 5.91 Å². The summed E-state index contributed by atoms with van der Waals surface area (Å²) in [6, 6.07) is 16.1. The summed E-state index contributed by atoms with van der Waals surface area (Å²) in [7, 11) is 0. The SMILES string of the molecule is O=C(c1ccc(-c2cc(CC(=O)C3(c4ccc5c(c4)OCO5)CC3)ccc2OC(F)(F)F)cc1)N1CCOCC1. The number of ether oxygens (including phenoxy) is 4. The fourth-order valence-corrected chi connectivity index (χ4v) is 5.27. The highest BCUT2D eigenvalue weighted by Gasteiger charge is 2.50. The third-order valence-corrected chi connectivity index (χ3v) is 7.58. The first-order valence-corrected chi connectivity index (χ1v) is 13.0. The van der Waals surface area contributed by atoms with Gasteiger partial charge in [0, 0.05) is 30.6 Å². The largest absolute Gasteiger partial charge is 0.573 e. The van der Waals surface area contributed by atoms with Crippen molar-refractivity contribution in [3.05, 3.63) is 77.4 Å². The number of alkyl halides is 3. The molecule has 0 bridgehead atoms. The molecule has 2 heterocycles. The average molecular weight is 554 g/mol. The van der Waals surface area contributed by atoms with Crippen molar-refractivity contribution in [3.8, 4) is 28.4 Å². The average Bonchev–Trinajstić information content (AvgIpc) is 3.64. The van der Waals surface area contributed by atoms with Crippen LogP contribution in [-0.4, -0.2) is 56.0 Å². The summed E-state index contributed by atoms with van der Waals surface area (Å²) in [5.41, 5.74) is 1.80. The van der Waals surface area contributed by atoms with E-state index in [4.69, 9.17) is 14.2 Å². The first-order chi connectivity index (χ1) is 19.2. The van der Waals surface area contributed by atoms with Crippen LogP contribution in [0.25, 0.3) is 11.1 Å². The van der Waals surface area contributed by atoms with Gasteiger partial charge in [-0.2, -0.15) is 0 Å². The number of carbonyl (C=O) groups is 2. The van der Waals surface area contributed by atoms with Crippen LogP contribution in [0.3, 0.4) is 0 Å². The molecule has 1 amide bonds. The van der Waals surface area contributed by atoms with Crippen molar-refractivity contribution >= 4 is 11.7 Å². The number of ketones is 1. The number of fused-ring (bicyclic) bond motifs is 1. The molecule has 1 aliphatic carbocycles. The van der Waals surface area contributed by atoms with Crippen LogP contribution in [0.1, 0.15) is 34.3 Å². The molecule has 3 aliphatic rings. The zero-order valence-corrected chi connectivity index (χ0v) is 21.5. The fraction of sp³-hybridized carbons (Fsp3) is 0.333. The number of morpholine rings is 1. The molecule has 40 heavy (non-hydrogen) atoms. The van der Waals surface area contributed by atoms with E-state index in [2.05, 4.69) is 4.74 Å². The van der Waals surface area contributed by atoms with Gasteiger partial charge in [-0.1, -0.05) is 24.3 Å². The van der Waals surface area contributed by atoms with Gasteiger partial charge in [0.15, 0.2) is 11.5 Å². The van der Waals surface area contributed by atoms with Crippen molar-refractivity contribution in [2.45, 2.75) is 31.0 Å². The Morgan fingerprint density at radius 2 is 1.62 bits per heavy atom. The minimum absolute atomic E-state index is 0.0201. The quantitative estimate of drug-likeness (QED) is 0.396. The number of carbonyl (C=O) groups excluding carboxylic acids is 2. The molecule has 2 fully saturated rings.